The summed E-state index contributed by atoms with van der Waals surface area (Å²) in [6.07, 6.45) is 3.97. The van der Waals surface area contributed by atoms with Gasteiger partial charge < -0.3 is 19.7 Å². The molecule has 1 saturated heterocycles. The van der Waals surface area contributed by atoms with Crippen LogP contribution < -0.4 is 15.1 Å². The first-order valence-electron chi connectivity index (χ1n) is 12.0. The molecule has 4 aromatic rings. The Bertz CT molecular complexity index is 1290. The Balaban J connectivity index is 1.61. The molecule has 0 saturated carbocycles. The van der Waals surface area contributed by atoms with Gasteiger partial charge in [0.05, 0.1) is 11.7 Å². The fourth-order valence-corrected chi connectivity index (χ4v) is 5.08. The highest BCUT2D eigenvalue weighted by molar-refractivity contribution is 7.80. The lowest BCUT2D eigenvalue weighted by Gasteiger charge is -2.29. The first-order chi connectivity index (χ1) is 16.9. The third-order valence-electron chi connectivity index (χ3n) is 6.66. The van der Waals surface area contributed by atoms with E-state index in [0.717, 1.165) is 22.8 Å². The van der Waals surface area contributed by atoms with Crippen molar-refractivity contribution < 1.29 is 0 Å². The molecule has 0 aliphatic carbocycles. The van der Waals surface area contributed by atoms with E-state index in [4.69, 9.17) is 17.2 Å². The molecule has 2 aromatic heterocycles. The molecule has 3 heterocycles. The van der Waals surface area contributed by atoms with Gasteiger partial charge in [0.2, 0.25) is 0 Å². The molecule has 1 fully saturated rings. The van der Waals surface area contributed by atoms with Crippen LogP contribution >= 0.6 is 12.2 Å². The third kappa shape index (κ3) is 4.42. The fraction of sp³-hybridized carbons (Fsp3) is 0.241. The lowest BCUT2D eigenvalue weighted by molar-refractivity contribution is 0.549. The van der Waals surface area contributed by atoms with Gasteiger partial charge in [0.25, 0.3) is 0 Å². The number of hydrogen-bond acceptors (Lipinski definition) is 3. The molecule has 6 heteroatoms. The number of nitrogens with one attached hydrogen (secondary N) is 1. The standard InChI is InChI=1S/C29H31N5S/c1-20(2)21-10-12-24(13-11-21)34-28(27(31-29(34)35)25-8-5-6-18-30-25)26-9-7-19-33(26)23-16-14-22(15-17-23)32(3)4/h5-20,27-28H,1-4H3,(H,31,35)/t27-,28-/m0/s1. The predicted octanol–water partition coefficient (Wildman–Crippen LogP) is 6.24. The van der Waals surface area contributed by atoms with Crippen LogP contribution in [0.1, 0.15) is 48.8 Å². The van der Waals surface area contributed by atoms with E-state index in [-0.39, 0.29) is 12.1 Å². The largest absolute Gasteiger partial charge is 0.378 e. The zero-order valence-corrected chi connectivity index (χ0v) is 21.4. The average molecular weight is 482 g/mol. The maximum absolute atomic E-state index is 5.91. The highest BCUT2D eigenvalue weighted by atomic mass is 32.1. The van der Waals surface area contributed by atoms with Crippen molar-refractivity contribution in [3.8, 4) is 5.69 Å². The summed E-state index contributed by atoms with van der Waals surface area (Å²) in [6, 6.07) is 27.6. The second-order valence-corrected chi connectivity index (χ2v) is 9.84. The molecule has 5 nitrogen and oxygen atoms in total. The van der Waals surface area contributed by atoms with Gasteiger partial charge in [-0.2, -0.15) is 0 Å². The lowest BCUT2D eigenvalue weighted by Crippen LogP contribution is -2.30. The molecular weight excluding hydrogens is 450 g/mol. The van der Waals surface area contributed by atoms with E-state index in [1.165, 1.54) is 11.3 Å². The Morgan fingerprint density at radius 3 is 2.23 bits per heavy atom. The Morgan fingerprint density at radius 1 is 0.886 bits per heavy atom. The molecular formula is C29H31N5S. The maximum Gasteiger partial charge on any atom is 0.174 e. The molecule has 5 rings (SSSR count). The first kappa shape index (κ1) is 23.1. The predicted molar refractivity (Wildman–Crippen MR) is 149 cm³/mol. The van der Waals surface area contributed by atoms with Crippen molar-refractivity contribution in [3.63, 3.8) is 0 Å². The molecule has 2 aromatic carbocycles. The van der Waals surface area contributed by atoms with E-state index in [2.05, 4.69) is 121 Å². The highest BCUT2D eigenvalue weighted by Gasteiger charge is 2.42. The van der Waals surface area contributed by atoms with Crippen LogP contribution in [0.5, 0.6) is 0 Å². The monoisotopic (exact) mass is 481 g/mol. The van der Waals surface area contributed by atoms with Gasteiger partial charge in [-0.15, -0.1) is 0 Å². The molecule has 1 aliphatic rings. The van der Waals surface area contributed by atoms with Gasteiger partial charge in [0, 0.05) is 49.2 Å². The lowest BCUT2D eigenvalue weighted by atomic mass is 9.99. The number of benzene rings is 2. The van der Waals surface area contributed by atoms with Gasteiger partial charge in [-0.3, -0.25) is 4.98 Å². The fourth-order valence-electron chi connectivity index (χ4n) is 4.73. The topological polar surface area (TPSA) is 36.3 Å². The third-order valence-corrected chi connectivity index (χ3v) is 6.98. The minimum atomic E-state index is -0.0804. The van der Waals surface area contributed by atoms with Crippen molar-refractivity contribution in [2.24, 2.45) is 0 Å². The molecule has 1 aliphatic heterocycles. The summed E-state index contributed by atoms with van der Waals surface area (Å²) in [6.45, 7) is 4.43. The highest BCUT2D eigenvalue weighted by Crippen LogP contribution is 2.42. The Morgan fingerprint density at radius 2 is 1.60 bits per heavy atom. The van der Waals surface area contributed by atoms with Crippen molar-refractivity contribution >= 4 is 28.7 Å². The first-order valence-corrected chi connectivity index (χ1v) is 12.4. The SMILES string of the molecule is CC(C)c1ccc(N2C(=S)N[C@@H](c3ccccn3)[C@@H]2c2cccn2-c2ccc(N(C)C)cc2)cc1. The second-order valence-electron chi connectivity index (χ2n) is 9.46. The van der Waals surface area contributed by atoms with E-state index in [9.17, 15) is 0 Å². The number of rotatable bonds is 6. The van der Waals surface area contributed by atoms with E-state index < -0.39 is 0 Å². The molecule has 0 spiro atoms. The molecule has 0 bridgehead atoms. The van der Waals surface area contributed by atoms with Gasteiger partial charge in [-0.05, 0) is 84.4 Å². The smallest absolute Gasteiger partial charge is 0.174 e. The van der Waals surface area contributed by atoms with Gasteiger partial charge in [-0.25, -0.2) is 0 Å². The van der Waals surface area contributed by atoms with Crippen molar-refractivity contribution in [1.29, 1.82) is 0 Å². The number of aromatic nitrogens is 2. The van der Waals surface area contributed by atoms with E-state index >= 15 is 0 Å². The molecule has 0 radical (unpaired) electrons. The van der Waals surface area contributed by atoms with Crippen LogP contribution in [0.25, 0.3) is 5.69 Å². The quantitative estimate of drug-likeness (QED) is 0.330. The van der Waals surface area contributed by atoms with Gasteiger partial charge in [0.15, 0.2) is 5.11 Å². The number of nitrogens with zero attached hydrogens (tertiary/aromatic N) is 4. The number of anilines is 2. The molecule has 1 N–H and O–H groups in total. The second kappa shape index (κ2) is 9.55. The normalized spacial score (nSPS) is 17.6. The summed E-state index contributed by atoms with van der Waals surface area (Å²) in [5.41, 5.74) is 6.79. The summed E-state index contributed by atoms with van der Waals surface area (Å²) in [7, 11) is 4.11. The Hall–Kier alpha value is -3.64. The summed E-state index contributed by atoms with van der Waals surface area (Å²) >= 11 is 5.91. The number of hydrogen-bond donors (Lipinski definition) is 1. The van der Waals surface area contributed by atoms with Crippen LogP contribution in [0.4, 0.5) is 11.4 Å². The Kier molecular flexibility index (Phi) is 6.31. The van der Waals surface area contributed by atoms with E-state index in [0.29, 0.717) is 11.0 Å². The van der Waals surface area contributed by atoms with Crippen molar-refractivity contribution in [1.82, 2.24) is 14.9 Å². The molecule has 178 valence electrons. The van der Waals surface area contributed by atoms with E-state index in [1.54, 1.807) is 0 Å². The van der Waals surface area contributed by atoms with Crippen LogP contribution in [0.2, 0.25) is 0 Å². The van der Waals surface area contributed by atoms with Gasteiger partial charge in [-0.1, -0.05) is 32.0 Å². The van der Waals surface area contributed by atoms with Crippen molar-refractivity contribution in [2.75, 3.05) is 23.9 Å². The van der Waals surface area contributed by atoms with Crippen LogP contribution in [0.3, 0.4) is 0 Å². The average Bonchev–Trinajstić information content (AvgIpc) is 3.49. The maximum atomic E-state index is 5.91. The van der Waals surface area contributed by atoms with Gasteiger partial charge in [0.1, 0.15) is 6.04 Å². The summed E-state index contributed by atoms with van der Waals surface area (Å²) < 4.78 is 2.26. The van der Waals surface area contributed by atoms with Crippen LogP contribution in [0, 0.1) is 0 Å². The minimum absolute atomic E-state index is 0.0641. The zero-order valence-electron chi connectivity index (χ0n) is 20.6. The van der Waals surface area contributed by atoms with Crippen LogP contribution in [0.15, 0.2) is 91.3 Å². The summed E-state index contributed by atoms with van der Waals surface area (Å²) in [5.74, 6) is 0.479. The van der Waals surface area contributed by atoms with E-state index in [1.807, 2.05) is 18.3 Å². The van der Waals surface area contributed by atoms with Crippen LogP contribution in [-0.4, -0.2) is 28.8 Å². The van der Waals surface area contributed by atoms with Crippen molar-refractivity contribution in [2.45, 2.75) is 31.8 Å². The van der Waals surface area contributed by atoms with Crippen LogP contribution in [-0.2, 0) is 0 Å². The van der Waals surface area contributed by atoms with Crippen molar-refractivity contribution in [3.05, 3.63) is 108 Å². The van der Waals surface area contributed by atoms with Gasteiger partial charge >= 0.3 is 0 Å². The molecule has 0 amide bonds. The summed E-state index contributed by atoms with van der Waals surface area (Å²) in [4.78, 5) is 9.04. The summed E-state index contributed by atoms with van der Waals surface area (Å²) in [5, 5.41) is 4.28. The Labute approximate surface area is 213 Å². The molecule has 35 heavy (non-hydrogen) atoms. The number of pyridine rings is 1. The minimum Gasteiger partial charge on any atom is -0.378 e. The molecule has 0 unspecified atom stereocenters. The molecule has 2 atom stereocenters. The number of thiocarbonyl (C=S) groups is 1. The zero-order chi connectivity index (χ0) is 24.5.